The number of halogens is 1. The van der Waals surface area contributed by atoms with Crippen LogP contribution in [0.1, 0.15) is 6.92 Å². The molecule has 13 heavy (non-hydrogen) atoms. The van der Waals surface area contributed by atoms with Crippen molar-refractivity contribution in [3.05, 3.63) is 12.3 Å². The Labute approximate surface area is 81.2 Å². The first-order valence-corrected chi connectivity index (χ1v) is 3.64. The maximum Gasteiger partial charge on any atom is 0.234 e. The molecule has 1 aromatic rings. The van der Waals surface area contributed by atoms with Crippen LogP contribution in [0.2, 0.25) is 0 Å². The molecule has 2 heterocycles. The minimum absolute atomic E-state index is 0. The molecule has 0 unspecified atom stereocenters. The van der Waals surface area contributed by atoms with E-state index in [-0.39, 0.29) is 18.3 Å². The summed E-state index contributed by atoms with van der Waals surface area (Å²) in [5, 5.41) is 8.64. The highest BCUT2D eigenvalue weighted by Crippen LogP contribution is 2.12. The lowest BCUT2D eigenvalue weighted by atomic mass is 10.5. The van der Waals surface area contributed by atoms with Crippen molar-refractivity contribution >= 4 is 23.7 Å². The van der Waals surface area contributed by atoms with Crippen LogP contribution < -0.4 is 23.0 Å². The van der Waals surface area contributed by atoms with E-state index in [9.17, 15) is 4.79 Å². The molecule has 0 aliphatic carbocycles. The number of aromatic nitrogens is 2. The topological polar surface area (TPSA) is 63.5 Å². The van der Waals surface area contributed by atoms with Gasteiger partial charge in [-0.05, 0) is 0 Å². The summed E-state index contributed by atoms with van der Waals surface area (Å²) in [5.74, 6) is 1.48. The summed E-state index contributed by atoms with van der Waals surface area (Å²) in [5.41, 5.74) is 0. The molecule has 0 bridgehead atoms. The average molecular weight is 201 g/mol. The Morgan fingerprint density at radius 2 is 2.46 bits per heavy atom. The van der Waals surface area contributed by atoms with Gasteiger partial charge in [-0.1, -0.05) is 0 Å². The summed E-state index contributed by atoms with van der Waals surface area (Å²) in [7, 11) is 0. The summed E-state index contributed by atoms with van der Waals surface area (Å²) < 4.78 is 1.71. The molecular formula is C7H9ClN4O. The first kappa shape index (κ1) is 9.76. The van der Waals surface area contributed by atoms with Gasteiger partial charge in [0.2, 0.25) is 11.7 Å². The molecule has 0 atom stereocenters. The first-order chi connectivity index (χ1) is 5.75. The van der Waals surface area contributed by atoms with Crippen LogP contribution in [0.15, 0.2) is 12.3 Å². The van der Waals surface area contributed by atoms with Gasteiger partial charge in [0.05, 0.1) is 12.3 Å². The molecule has 1 aliphatic heterocycles. The van der Waals surface area contributed by atoms with Gasteiger partial charge in [0.15, 0.2) is 5.82 Å². The van der Waals surface area contributed by atoms with Gasteiger partial charge in [0.1, 0.15) is 6.20 Å². The van der Waals surface area contributed by atoms with E-state index in [0.29, 0.717) is 5.82 Å². The van der Waals surface area contributed by atoms with Crippen LogP contribution in [0.5, 0.6) is 0 Å². The number of rotatable bonds is 1. The lowest BCUT2D eigenvalue weighted by molar-refractivity contribution is -0.494. The number of carbonyl (C=O) groups is 1. The molecule has 1 aliphatic rings. The van der Waals surface area contributed by atoms with Gasteiger partial charge in [-0.15, -0.1) is 5.10 Å². The molecule has 0 spiro atoms. The van der Waals surface area contributed by atoms with Gasteiger partial charge >= 0.3 is 0 Å². The van der Waals surface area contributed by atoms with Crippen molar-refractivity contribution in [1.29, 1.82) is 0 Å². The Hall–Kier alpha value is -1.33. The van der Waals surface area contributed by atoms with Gasteiger partial charge < -0.3 is 17.7 Å². The molecule has 1 aromatic heterocycles. The zero-order chi connectivity index (χ0) is 8.55. The first-order valence-electron chi connectivity index (χ1n) is 3.64. The summed E-state index contributed by atoms with van der Waals surface area (Å²) in [4.78, 5) is 10.7. The van der Waals surface area contributed by atoms with E-state index in [1.54, 1.807) is 4.68 Å². The Bertz CT molecular complexity index is 357. The van der Waals surface area contributed by atoms with Crippen molar-refractivity contribution in [2.45, 2.75) is 6.92 Å². The van der Waals surface area contributed by atoms with E-state index in [0.717, 1.165) is 5.82 Å². The summed E-state index contributed by atoms with van der Waals surface area (Å²) in [6.45, 7) is 1.46. The second-order valence-electron chi connectivity index (χ2n) is 2.59. The van der Waals surface area contributed by atoms with E-state index in [2.05, 4.69) is 10.4 Å². The smallest absolute Gasteiger partial charge is 0.234 e. The van der Waals surface area contributed by atoms with Crippen molar-refractivity contribution in [1.82, 2.24) is 9.78 Å². The molecule has 5 nitrogen and oxygen atoms in total. The Morgan fingerprint density at radius 1 is 1.69 bits per heavy atom. The highest BCUT2D eigenvalue weighted by molar-refractivity contribution is 5.87. The number of nitrogens with two attached hydrogens (primary N) is 1. The number of nitrogens with zero attached hydrogens (tertiary/aromatic N) is 2. The molecule has 0 saturated heterocycles. The number of quaternary nitrogens is 1. The minimum Gasteiger partial charge on any atom is -1.00 e. The lowest BCUT2D eigenvalue weighted by Crippen LogP contribution is -3.00. The van der Waals surface area contributed by atoms with Gasteiger partial charge in [-0.3, -0.25) is 10.1 Å². The molecule has 0 radical (unpaired) electrons. The standard InChI is InChI=1S/C7H8N4O.ClH/c1-5(12)9-6-4-7-8-2-3-11(7)10-6;/h2-4,8H,1H3,(H,9,10,12);1H. The minimum atomic E-state index is -0.101. The maximum atomic E-state index is 10.7. The van der Waals surface area contributed by atoms with Crippen LogP contribution in [-0.4, -0.2) is 15.7 Å². The molecule has 3 N–H and O–H groups in total. The zero-order valence-corrected chi connectivity index (χ0v) is 7.75. The number of amides is 1. The van der Waals surface area contributed by atoms with Crippen LogP contribution in [0.3, 0.4) is 0 Å². The molecule has 6 heteroatoms. The van der Waals surface area contributed by atoms with Crippen molar-refractivity contribution in [3.8, 4) is 0 Å². The third kappa shape index (κ3) is 1.88. The summed E-state index contributed by atoms with van der Waals surface area (Å²) in [6, 6.07) is 1.82. The van der Waals surface area contributed by atoms with Crippen molar-refractivity contribution in [3.63, 3.8) is 0 Å². The second kappa shape index (κ2) is 3.59. The van der Waals surface area contributed by atoms with Gasteiger partial charge in [0.25, 0.3) is 0 Å². The molecular weight excluding hydrogens is 192 g/mol. The average Bonchev–Trinajstić information content (AvgIpc) is 2.43. The van der Waals surface area contributed by atoms with Crippen LogP contribution in [0, 0.1) is 0 Å². The Morgan fingerprint density at radius 3 is 3.08 bits per heavy atom. The second-order valence-corrected chi connectivity index (χ2v) is 2.59. The van der Waals surface area contributed by atoms with Crippen LogP contribution in [0.25, 0.3) is 6.20 Å². The fourth-order valence-corrected chi connectivity index (χ4v) is 1.12. The maximum absolute atomic E-state index is 10.7. The number of hydrogen-bond acceptors (Lipinski definition) is 2. The third-order valence-corrected chi connectivity index (χ3v) is 1.56. The van der Waals surface area contributed by atoms with Crippen LogP contribution >= 0.6 is 0 Å². The van der Waals surface area contributed by atoms with Gasteiger partial charge in [-0.2, -0.15) is 4.68 Å². The monoisotopic (exact) mass is 200 g/mol. The Kier molecular flexibility index (Phi) is 2.69. The van der Waals surface area contributed by atoms with E-state index in [1.807, 2.05) is 23.8 Å². The highest BCUT2D eigenvalue weighted by atomic mass is 35.5. The number of fused-ring (bicyclic) bond motifs is 1. The zero-order valence-electron chi connectivity index (χ0n) is 6.99. The quantitative estimate of drug-likeness (QED) is 0.494. The van der Waals surface area contributed by atoms with Crippen molar-refractivity contribution in [2.75, 3.05) is 5.32 Å². The fourth-order valence-electron chi connectivity index (χ4n) is 1.12. The van der Waals surface area contributed by atoms with E-state index < -0.39 is 0 Å². The number of anilines is 1. The third-order valence-electron chi connectivity index (χ3n) is 1.56. The van der Waals surface area contributed by atoms with Gasteiger partial charge in [-0.25, -0.2) is 0 Å². The number of nitrogens with one attached hydrogen (secondary N) is 1. The number of hydrogen-bond donors (Lipinski definition) is 2. The van der Waals surface area contributed by atoms with Crippen LogP contribution in [0.4, 0.5) is 11.6 Å². The fraction of sp³-hybridized carbons (Fsp3) is 0.143. The normalized spacial score (nSPS) is 12.1. The van der Waals surface area contributed by atoms with Crippen molar-refractivity contribution < 1.29 is 22.5 Å². The molecule has 2 rings (SSSR count). The summed E-state index contributed by atoms with van der Waals surface area (Å²) in [6.07, 6.45) is 3.74. The lowest BCUT2D eigenvalue weighted by Gasteiger charge is -1.92. The molecule has 70 valence electrons. The predicted octanol–water partition coefficient (Wildman–Crippen LogP) is -3.52. The predicted molar refractivity (Wildman–Crippen MR) is 43.4 cm³/mol. The van der Waals surface area contributed by atoms with E-state index >= 15 is 0 Å². The molecule has 0 saturated carbocycles. The van der Waals surface area contributed by atoms with Crippen molar-refractivity contribution in [2.24, 2.45) is 0 Å². The molecule has 0 aromatic carbocycles. The van der Waals surface area contributed by atoms with E-state index in [4.69, 9.17) is 0 Å². The SMILES string of the molecule is CC(=O)Nc1cc2n(n1)C=C[NH2+]2.[Cl-]. The van der Waals surface area contributed by atoms with Gasteiger partial charge in [0, 0.05) is 6.92 Å². The van der Waals surface area contributed by atoms with E-state index in [1.165, 1.54) is 6.92 Å². The number of carbonyl (C=O) groups excluding carboxylic acids is 1. The highest BCUT2D eigenvalue weighted by Gasteiger charge is 2.12. The summed E-state index contributed by atoms with van der Waals surface area (Å²) >= 11 is 0. The Balaban J connectivity index is 0.000000845. The molecule has 1 amide bonds. The largest absolute Gasteiger partial charge is 1.00 e. The van der Waals surface area contributed by atoms with Crippen LogP contribution in [-0.2, 0) is 4.79 Å². The molecule has 0 fully saturated rings.